The first-order valence-corrected chi connectivity index (χ1v) is 5.29. The van der Waals surface area contributed by atoms with E-state index in [1.165, 1.54) is 0 Å². The first-order valence-electron chi connectivity index (χ1n) is 5.29. The summed E-state index contributed by atoms with van der Waals surface area (Å²) in [5.41, 5.74) is 0.428. The number of carbonyl (C=O) groups excluding carboxylic acids is 1. The minimum atomic E-state index is -1.53. The topological polar surface area (TPSA) is 98.0 Å². The van der Waals surface area contributed by atoms with Crippen molar-refractivity contribution in [3.63, 3.8) is 0 Å². The lowest BCUT2D eigenvalue weighted by Crippen LogP contribution is -2.40. The molecule has 94 valence electrons. The fourth-order valence-corrected chi connectivity index (χ4v) is 1.42. The Balaban J connectivity index is 2.57. The minimum absolute atomic E-state index is 0.303. The Morgan fingerprint density at radius 3 is 2.18 bits per heavy atom. The van der Waals surface area contributed by atoms with Gasteiger partial charge >= 0.3 is 0 Å². The third kappa shape index (κ3) is 3.90. The lowest BCUT2D eigenvalue weighted by molar-refractivity contribution is -0.0754. The average molecular weight is 240 g/mol. The van der Waals surface area contributed by atoms with E-state index < -0.39 is 24.9 Å². The van der Waals surface area contributed by atoms with Gasteiger partial charge in [0.2, 0.25) is 0 Å². The molecule has 0 aliphatic heterocycles. The Morgan fingerprint density at radius 1 is 1.06 bits per heavy atom. The number of ketones is 1. The standard InChI is InChI=1S/C12H16O5/c13-7-11(16)12(17)10(15)6-9(14)8-4-2-1-3-5-8/h1-5,10-13,15-17H,6-7H2/t10-,11-,12+/m1/s1. The van der Waals surface area contributed by atoms with Gasteiger partial charge in [0.1, 0.15) is 12.2 Å². The van der Waals surface area contributed by atoms with Crippen molar-refractivity contribution in [3.05, 3.63) is 35.9 Å². The van der Waals surface area contributed by atoms with E-state index in [2.05, 4.69) is 0 Å². The molecule has 0 radical (unpaired) electrons. The predicted molar refractivity (Wildman–Crippen MR) is 60.5 cm³/mol. The molecule has 0 unspecified atom stereocenters. The molecule has 0 amide bonds. The van der Waals surface area contributed by atoms with Crippen LogP contribution >= 0.6 is 0 Å². The molecule has 0 aliphatic rings. The quantitative estimate of drug-likeness (QED) is 0.495. The van der Waals surface area contributed by atoms with Gasteiger partial charge in [0.15, 0.2) is 5.78 Å². The zero-order chi connectivity index (χ0) is 12.8. The van der Waals surface area contributed by atoms with Crippen molar-refractivity contribution in [2.45, 2.75) is 24.7 Å². The molecule has 1 rings (SSSR count). The van der Waals surface area contributed by atoms with Crippen LogP contribution in [0.3, 0.4) is 0 Å². The van der Waals surface area contributed by atoms with Crippen molar-refractivity contribution >= 4 is 5.78 Å². The fourth-order valence-electron chi connectivity index (χ4n) is 1.42. The maximum absolute atomic E-state index is 11.7. The Kier molecular flexibility index (Phi) is 5.24. The van der Waals surface area contributed by atoms with E-state index in [1.807, 2.05) is 0 Å². The van der Waals surface area contributed by atoms with Crippen molar-refractivity contribution in [1.29, 1.82) is 0 Å². The summed E-state index contributed by atoms with van der Waals surface area (Å²) in [7, 11) is 0. The number of hydrogen-bond acceptors (Lipinski definition) is 5. The maximum Gasteiger partial charge on any atom is 0.165 e. The Labute approximate surface area is 99.0 Å². The van der Waals surface area contributed by atoms with Gasteiger partial charge in [-0.1, -0.05) is 30.3 Å². The van der Waals surface area contributed by atoms with E-state index in [0.29, 0.717) is 5.56 Å². The molecule has 4 N–H and O–H groups in total. The molecule has 0 fully saturated rings. The van der Waals surface area contributed by atoms with E-state index in [0.717, 1.165) is 0 Å². The number of Topliss-reactive ketones (excluding diaryl/α,β-unsaturated/α-hetero) is 1. The molecule has 3 atom stereocenters. The molecule has 0 saturated carbocycles. The van der Waals surface area contributed by atoms with Gasteiger partial charge in [0.05, 0.1) is 12.7 Å². The first kappa shape index (κ1) is 13.8. The molecule has 5 nitrogen and oxygen atoms in total. The van der Waals surface area contributed by atoms with Crippen molar-refractivity contribution < 1.29 is 25.2 Å². The second-order valence-corrected chi connectivity index (χ2v) is 3.80. The van der Waals surface area contributed by atoms with Crippen LogP contribution in [-0.2, 0) is 0 Å². The van der Waals surface area contributed by atoms with Crippen LogP contribution in [0, 0.1) is 0 Å². The van der Waals surface area contributed by atoms with Crippen molar-refractivity contribution in [2.75, 3.05) is 6.61 Å². The molecule has 0 saturated heterocycles. The third-order valence-corrected chi connectivity index (χ3v) is 2.47. The largest absolute Gasteiger partial charge is 0.394 e. The van der Waals surface area contributed by atoms with Crippen molar-refractivity contribution in [1.82, 2.24) is 0 Å². The predicted octanol–water partition coefficient (Wildman–Crippen LogP) is -0.666. The van der Waals surface area contributed by atoms with E-state index >= 15 is 0 Å². The zero-order valence-electron chi connectivity index (χ0n) is 9.23. The summed E-state index contributed by atoms with van der Waals surface area (Å²) < 4.78 is 0. The van der Waals surface area contributed by atoms with Gasteiger partial charge in [-0.15, -0.1) is 0 Å². The lowest BCUT2D eigenvalue weighted by Gasteiger charge is -2.20. The van der Waals surface area contributed by atoms with E-state index in [1.54, 1.807) is 30.3 Å². The highest BCUT2D eigenvalue weighted by Gasteiger charge is 2.26. The lowest BCUT2D eigenvalue weighted by atomic mass is 9.99. The summed E-state index contributed by atoms with van der Waals surface area (Å²) in [6, 6.07) is 8.35. The van der Waals surface area contributed by atoms with Gasteiger partial charge in [-0.25, -0.2) is 0 Å². The first-order chi connectivity index (χ1) is 8.06. The average Bonchev–Trinajstić information content (AvgIpc) is 2.37. The molecule has 1 aromatic rings. The highest BCUT2D eigenvalue weighted by molar-refractivity contribution is 5.96. The molecule has 0 bridgehead atoms. The maximum atomic E-state index is 11.7. The van der Waals surface area contributed by atoms with Crippen LogP contribution in [0.25, 0.3) is 0 Å². The Bertz CT molecular complexity index is 351. The summed E-state index contributed by atoms with van der Waals surface area (Å²) in [5.74, 6) is -0.331. The molecular formula is C12H16O5. The number of carbonyl (C=O) groups is 1. The number of hydrogen-bond donors (Lipinski definition) is 4. The van der Waals surface area contributed by atoms with Gasteiger partial charge in [-0.2, -0.15) is 0 Å². The van der Waals surface area contributed by atoms with Gasteiger partial charge in [-0.05, 0) is 0 Å². The Hall–Kier alpha value is -1.27. The second-order valence-electron chi connectivity index (χ2n) is 3.80. The molecule has 0 spiro atoms. The van der Waals surface area contributed by atoms with Crippen LogP contribution in [0.1, 0.15) is 16.8 Å². The summed E-state index contributed by atoms with van der Waals surface area (Å²) in [4.78, 5) is 11.7. The molecule has 17 heavy (non-hydrogen) atoms. The van der Waals surface area contributed by atoms with Crippen LogP contribution in [0.4, 0.5) is 0 Å². The van der Waals surface area contributed by atoms with Crippen LogP contribution in [0.5, 0.6) is 0 Å². The second kappa shape index (κ2) is 6.46. The van der Waals surface area contributed by atoms with E-state index in [4.69, 9.17) is 10.2 Å². The van der Waals surface area contributed by atoms with Crippen LogP contribution in [-0.4, -0.2) is 51.1 Å². The highest BCUT2D eigenvalue weighted by atomic mass is 16.4. The Morgan fingerprint density at radius 2 is 1.65 bits per heavy atom. The molecule has 5 heteroatoms. The van der Waals surface area contributed by atoms with Gasteiger partial charge in [-0.3, -0.25) is 4.79 Å². The van der Waals surface area contributed by atoms with Crippen molar-refractivity contribution in [2.24, 2.45) is 0 Å². The zero-order valence-corrected chi connectivity index (χ0v) is 9.23. The number of benzene rings is 1. The number of rotatable bonds is 6. The van der Waals surface area contributed by atoms with E-state index in [9.17, 15) is 15.0 Å². The third-order valence-electron chi connectivity index (χ3n) is 2.47. The molecule has 1 aromatic carbocycles. The molecule has 0 heterocycles. The van der Waals surface area contributed by atoms with E-state index in [-0.39, 0.29) is 12.2 Å². The minimum Gasteiger partial charge on any atom is -0.394 e. The van der Waals surface area contributed by atoms with Crippen LogP contribution in [0.2, 0.25) is 0 Å². The number of aliphatic hydroxyl groups is 4. The summed E-state index contributed by atoms with van der Waals surface area (Å²) in [6.07, 6.45) is -4.69. The molecule has 0 aliphatic carbocycles. The van der Waals surface area contributed by atoms with Crippen LogP contribution < -0.4 is 0 Å². The van der Waals surface area contributed by atoms with Gasteiger partial charge in [0.25, 0.3) is 0 Å². The monoisotopic (exact) mass is 240 g/mol. The summed E-state index contributed by atoms with van der Waals surface area (Å²) >= 11 is 0. The highest BCUT2D eigenvalue weighted by Crippen LogP contribution is 2.09. The SMILES string of the molecule is O=C(C[C@@H](O)[C@H](O)[C@H](O)CO)c1ccccc1. The van der Waals surface area contributed by atoms with Crippen LogP contribution in [0.15, 0.2) is 30.3 Å². The normalized spacial score (nSPS) is 16.2. The van der Waals surface area contributed by atoms with Gasteiger partial charge in [0, 0.05) is 12.0 Å². The summed E-state index contributed by atoms with van der Waals surface area (Å²) in [6.45, 7) is -0.669. The fraction of sp³-hybridized carbons (Fsp3) is 0.417. The van der Waals surface area contributed by atoms with Gasteiger partial charge < -0.3 is 20.4 Å². The number of aliphatic hydroxyl groups excluding tert-OH is 4. The summed E-state index contributed by atoms with van der Waals surface area (Å²) in [5, 5.41) is 36.6. The smallest absolute Gasteiger partial charge is 0.165 e. The molecular weight excluding hydrogens is 224 g/mol. The van der Waals surface area contributed by atoms with Crippen molar-refractivity contribution in [3.8, 4) is 0 Å². The molecule has 0 aromatic heterocycles.